The van der Waals surface area contributed by atoms with Crippen molar-refractivity contribution in [1.29, 1.82) is 0 Å². The summed E-state index contributed by atoms with van der Waals surface area (Å²) in [6.45, 7) is 7.48. The van der Waals surface area contributed by atoms with Gasteiger partial charge in [0.25, 0.3) is 11.7 Å². The van der Waals surface area contributed by atoms with Crippen LogP contribution in [0.25, 0.3) is 5.76 Å². The number of carbonyl (C=O) groups is 2. The Labute approximate surface area is 217 Å². The van der Waals surface area contributed by atoms with Gasteiger partial charge in [-0.1, -0.05) is 0 Å². The molecular formula is C28H34N2O7. The molecule has 2 heterocycles. The Morgan fingerprint density at radius 3 is 2.30 bits per heavy atom. The van der Waals surface area contributed by atoms with E-state index in [1.54, 1.807) is 49.6 Å². The Morgan fingerprint density at radius 1 is 1.00 bits per heavy atom. The molecule has 9 nitrogen and oxygen atoms in total. The number of carbonyl (C=O) groups excluding carboxylic acids is 2. The number of benzene rings is 2. The first-order valence-corrected chi connectivity index (χ1v) is 12.4. The molecule has 198 valence electrons. The van der Waals surface area contributed by atoms with Gasteiger partial charge in [0.1, 0.15) is 23.0 Å². The quantitative estimate of drug-likeness (QED) is 0.312. The minimum Gasteiger partial charge on any atom is -0.507 e. The number of aliphatic hydroxyl groups is 1. The zero-order valence-electron chi connectivity index (χ0n) is 21.7. The van der Waals surface area contributed by atoms with E-state index < -0.39 is 17.7 Å². The van der Waals surface area contributed by atoms with Gasteiger partial charge in [0, 0.05) is 37.3 Å². The molecule has 0 spiro atoms. The van der Waals surface area contributed by atoms with Crippen molar-refractivity contribution in [2.45, 2.75) is 26.0 Å². The van der Waals surface area contributed by atoms with Crippen molar-refractivity contribution in [3.8, 4) is 17.2 Å². The molecule has 2 aromatic carbocycles. The molecule has 1 atom stereocenters. The van der Waals surface area contributed by atoms with Crippen LogP contribution in [0.5, 0.6) is 17.2 Å². The molecular weight excluding hydrogens is 476 g/mol. The molecule has 9 heteroatoms. The Bertz CT molecular complexity index is 1150. The number of aliphatic hydroxyl groups excluding tert-OH is 1. The molecule has 0 saturated carbocycles. The lowest BCUT2D eigenvalue weighted by molar-refractivity contribution is -0.140. The number of likely N-dealkylation sites (tertiary alicyclic amines) is 1. The summed E-state index contributed by atoms with van der Waals surface area (Å²) < 4.78 is 22.2. The first-order chi connectivity index (χ1) is 17.8. The van der Waals surface area contributed by atoms with Crippen molar-refractivity contribution in [1.82, 2.24) is 9.80 Å². The number of methoxy groups -OCH3 is 2. The molecule has 37 heavy (non-hydrogen) atoms. The summed E-state index contributed by atoms with van der Waals surface area (Å²) in [4.78, 5) is 30.4. The maximum atomic E-state index is 13.4. The smallest absolute Gasteiger partial charge is 0.295 e. The molecule has 2 aromatic rings. The van der Waals surface area contributed by atoms with Gasteiger partial charge < -0.3 is 29.0 Å². The molecule has 2 aliphatic rings. The Balaban J connectivity index is 1.78. The average molecular weight is 511 g/mol. The number of ether oxygens (including phenoxy) is 4. The van der Waals surface area contributed by atoms with Gasteiger partial charge in [-0.15, -0.1) is 0 Å². The SMILES string of the molecule is COc1ccc(OC)c([C@H]2/C(=C(\O)c3ccc(OC(C)C)cc3)C(=O)C(=O)N2CCN2CCOCC2)c1. The van der Waals surface area contributed by atoms with Crippen LogP contribution in [0.15, 0.2) is 48.0 Å². The molecule has 2 fully saturated rings. The first kappa shape index (κ1) is 26.5. The number of rotatable bonds is 9. The van der Waals surface area contributed by atoms with Crippen molar-refractivity contribution >= 4 is 17.4 Å². The standard InChI is InChI=1S/C28H34N2O7/c1-18(2)37-20-7-5-19(6-8-20)26(31)24-25(22-17-21(34-3)9-10-23(22)35-4)30(28(33)27(24)32)12-11-29-13-15-36-16-14-29/h5-10,17-18,25,31H,11-16H2,1-4H3/b26-24+/t25-/m0/s1. The van der Waals surface area contributed by atoms with Crippen molar-refractivity contribution < 1.29 is 33.6 Å². The van der Waals surface area contributed by atoms with Crippen LogP contribution in [0.1, 0.15) is 31.0 Å². The van der Waals surface area contributed by atoms with Crippen molar-refractivity contribution in [3.05, 3.63) is 59.2 Å². The largest absolute Gasteiger partial charge is 0.507 e. The van der Waals surface area contributed by atoms with Gasteiger partial charge >= 0.3 is 0 Å². The normalized spacial score (nSPS) is 19.9. The van der Waals surface area contributed by atoms with Gasteiger partial charge in [0.05, 0.1) is 45.2 Å². The third-order valence-electron chi connectivity index (χ3n) is 6.53. The molecule has 4 rings (SSSR count). The third kappa shape index (κ3) is 5.73. The van der Waals surface area contributed by atoms with Gasteiger partial charge in [0.15, 0.2) is 0 Å². The molecule has 0 aromatic heterocycles. The van der Waals surface area contributed by atoms with E-state index in [4.69, 9.17) is 18.9 Å². The van der Waals surface area contributed by atoms with E-state index >= 15 is 0 Å². The van der Waals surface area contributed by atoms with E-state index in [1.807, 2.05) is 13.8 Å². The highest BCUT2D eigenvalue weighted by molar-refractivity contribution is 6.46. The third-order valence-corrected chi connectivity index (χ3v) is 6.53. The number of Topliss-reactive ketones (excluding diaryl/α,β-unsaturated/α-hetero) is 1. The van der Waals surface area contributed by atoms with Crippen LogP contribution in [0.4, 0.5) is 0 Å². The van der Waals surface area contributed by atoms with Crippen LogP contribution in [-0.4, -0.2) is 86.3 Å². The maximum Gasteiger partial charge on any atom is 0.295 e. The molecule has 0 aliphatic carbocycles. The van der Waals surface area contributed by atoms with E-state index in [2.05, 4.69) is 4.90 Å². The molecule has 0 unspecified atom stereocenters. The monoisotopic (exact) mass is 510 g/mol. The second-order valence-electron chi connectivity index (χ2n) is 9.25. The van der Waals surface area contributed by atoms with E-state index in [0.29, 0.717) is 54.7 Å². The van der Waals surface area contributed by atoms with E-state index in [9.17, 15) is 14.7 Å². The number of hydrogen-bond acceptors (Lipinski definition) is 8. The minimum absolute atomic E-state index is 0.00300. The fourth-order valence-electron chi connectivity index (χ4n) is 4.68. The second kappa shape index (κ2) is 11.7. The number of morpholine rings is 1. The lowest BCUT2D eigenvalue weighted by Crippen LogP contribution is -2.42. The topological polar surface area (TPSA) is 97.8 Å². The molecule has 2 aliphatic heterocycles. The number of hydrogen-bond donors (Lipinski definition) is 1. The molecule has 1 N–H and O–H groups in total. The van der Waals surface area contributed by atoms with Crippen molar-refractivity contribution in [2.75, 3.05) is 53.6 Å². The highest BCUT2D eigenvalue weighted by Gasteiger charge is 2.47. The highest BCUT2D eigenvalue weighted by Crippen LogP contribution is 2.43. The predicted molar refractivity (Wildman–Crippen MR) is 138 cm³/mol. The summed E-state index contributed by atoms with van der Waals surface area (Å²) in [5.41, 5.74) is 0.981. The van der Waals surface area contributed by atoms with Gasteiger partial charge in [0.2, 0.25) is 0 Å². The van der Waals surface area contributed by atoms with Gasteiger partial charge in [-0.2, -0.15) is 0 Å². The molecule has 0 bridgehead atoms. The summed E-state index contributed by atoms with van der Waals surface area (Å²) >= 11 is 0. The van der Waals surface area contributed by atoms with Crippen molar-refractivity contribution in [2.24, 2.45) is 0 Å². The Hall–Kier alpha value is -3.56. The van der Waals surface area contributed by atoms with Gasteiger partial charge in [-0.05, 0) is 56.3 Å². The number of amides is 1. The second-order valence-corrected chi connectivity index (χ2v) is 9.25. The fraction of sp³-hybridized carbons (Fsp3) is 0.429. The zero-order chi connectivity index (χ0) is 26.5. The predicted octanol–water partition coefficient (Wildman–Crippen LogP) is 3.24. The zero-order valence-corrected chi connectivity index (χ0v) is 21.7. The first-order valence-electron chi connectivity index (χ1n) is 12.4. The molecule has 1 amide bonds. The lowest BCUT2D eigenvalue weighted by Gasteiger charge is -2.31. The van der Waals surface area contributed by atoms with Crippen LogP contribution in [0, 0.1) is 0 Å². The molecule has 2 saturated heterocycles. The van der Waals surface area contributed by atoms with Crippen LogP contribution >= 0.6 is 0 Å². The van der Waals surface area contributed by atoms with Gasteiger partial charge in [-0.25, -0.2) is 0 Å². The summed E-state index contributed by atoms with van der Waals surface area (Å²) in [5, 5.41) is 11.4. The van der Waals surface area contributed by atoms with Gasteiger partial charge in [-0.3, -0.25) is 14.5 Å². The summed E-state index contributed by atoms with van der Waals surface area (Å²) in [6, 6.07) is 11.2. The average Bonchev–Trinajstić information content (AvgIpc) is 3.16. The van der Waals surface area contributed by atoms with Crippen LogP contribution in [0.2, 0.25) is 0 Å². The molecule has 0 radical (unpaired) electrons. The summed E-state index contributed by atoms with van der Waals surface area (Å²) in [5.74, 6) is 0.0171. The Kier molecular flexibility index (Phi) is 8.35. The highest BCUT2D eigenvalue weighted by atomic mass is 16.5. The van der Waals surface area contributed by atoms with E-state index in [0.717, 1.165) is 13.1 Å². The number of nitrogens with zero attached hydrogens (tertiary/aromatic N) is 2. The van der Waals surface area contributed by atoms with Crippen molar-refractivity contribution in [3.63, 3.8) is 0 Å². The summed E-state index contributed by atoms with van der Waals surface area (Å²) in [7, 11) is 3.07. The van der Waals surface area contributed by atoms with Crippen LogP contribution in [0.3, 0.4) is 0 Å². The number of ketones is 1. The van der Waals surface area contributed by atoms with E-state index in [1.165, 1.54) is 12.0 Å². The van der Waals surface area contributed by atoms with Crippen LogP contribution in [-0.2, 0) is 14.3 Å². The van der Waals surface area contributed by atoms with E-state index in [-0.39, 0.29) is 17.4 Å². The van der Waals surface area contributed by atoms with Crippen LogP contribution < -0.4 is 14.2 Å². The lowest BCUT2D eigenvalue weighted by atomic mass is 9.94. The minimum atomic E-state index is -0.849. The Morgan fingerprint density at radius 2 is 1.68 bits per heavy atom. The maximum absolute atomic E-state index is 13.4. The summed E-state index contributed by atoms with van der Waals surface area (Å²) in [6.07, 6.45) is -0.00300. The fourth-order valence-corrected chi connectivity index (χ4v) is 4.68.